The van der Waals surface area contributed by atoms with E-state index in [2.05, 4.69) is 23.7 Å². The molecular formula is CH4Cl2CoN2S. The molecule has 6 heteroatoms. The van der Waals surface area contributed by atoms with Crippen LogP contribution in [0.4, 0.5) is 0 Å². The first-order chi connectivity index (χ1) is 3.15. The molecule has 0 spiro atoms. The third kappa shape index (κ3) is 256. The molecule has 0 bridgehead atoms. The molecule has 0 aliphatic carbocycles. The van der Waals surface area contributed by atoms with E-state index in [0.29, 0.717) is 12.9 Å². The Morgan fingerprint density at radius 1 is 1.43 bits per heavy atom. The van der Waals surface area contributed by atoms with E-state index in [4.69, 9.17) is 20.3 Å². The number of thiocarbonyl (C=S) groups is 1. The summed E-state index contributed by atoms with van der Waals surface area (Å²) < 4.78 is 0. The summed E-state index contributed by atoms with van der Waals surface area (Å²) in [6, 6.07) is 0. The normalized spacial score (nSPS) is 6.57. The van der Waals surface area contributed by atoms with Gasteiger partial charge in [0.2, 0.25) is 0 Å². The summed E-state index contributed by atoms with van der Waals surface area (Å²) in [5.41, 5.74) is 9.24. The van der Waals surface area contributed by atoms with E-state index < -0.39 is 0 Å². The number of halogens is 2. The second-order valence-corrected chi connectivity index (χ2v) is 2.64. The molecule has 0 fully saturated rings. The molecule has 0 aromatic rings. The number of hydrogen-bond acceptors (Lipinski definition) is 1. The molecule has 0 aliphatic rings. The first-order valence-corrected chi connectivity index (χ1v) is 4.31. The minimum absolute atomic E-state index is 0.000000000000000222. The molecule has 0 saturated heterocycles. The molecule has 0 amide bonds. The number of hydrogen-bond donors (Lipinski definition) is 2. The van der Waals surface area contributed by atoms with Gasteiger partial charge < -0.3 is 11.5 Å². The van der Waals surface area contributed by atoms with Gasteiger partial charge in [0.15, 0.2) is 5.11 Å². The van der Waals surface area contributed by atoms with Crippen LogP contribution >= 0.6 is 32.5 Å². The standard InChI is InChI=1S/CH4N2S.2ClH.Co/c2-1(3)4;;;/h(H4,2,3,4);2*1H;/q;;;+2/p-2. The summed E-state index contributed by atoms with van der Waals surface area (Å²) in [5, 5.41) is 0.000000000000000222. The van der Waals surface area contributed by atoms with Crippen LogP contribution in [0.2, 0.25) is 0 Å². The third-order valence-corrected chi connectivity index (χ3v) is 0. The van der Waals surface area contributed by atoms with E-state index >= 15 is 0 Å². The van der Waals surface area contributed by atoms with Crippen LogP contribution in [-0.2, 0) is 12.9 Å². The van der Waals surface area contributed by atoms with Gasteiger partial charge in [0.25, 0.3) is 0 Å². The Kier molecular flexibility index (Phi) is 15.2. The van der Waals surface area contributed by atoms with E-state index in [0.717, 1.165) is 0 Å². The average molecular weight is 206 g/mol. The molecular weight excluding hydrogens is 202 g/mol. The van der Waals surface area contributed by atoms with Gasteiger partial charge in [-0.15, -0.1) is 0 Å². The monoisotopic (exact) mass is 205 g/mol. The minimum atomic E-state index is 0.000000000000000222. The van der Waals surface area contributed by atoms with Crippen molar-refractivity contribution in [3.8, 4) is 0 Å². The second-order valence-electron chi connectivity index (χ2n) is 0.450. The van der Waals surface area contributed by atoms with E-state index in [1.165, 1.54) is 0 Å². The Bertz CT molecular complexity index is 47.0. The maximum absolute atomic E-state index is 4.73. The Morgan fingerprint density at radius 3 is 1.43 bits per heavy atom. The molecule has 7 heavy (non-hydrogen) atoms. The van der Waals surface area contributed by atoms with Crippen molar-refractivity contribution in [3.05, 3.63) is 0 Å². The summed E-state index contributed by atoms with van der Waals surface area (Å²) in [6.07, 6.45) is 0. The van der Waals surface area contributed by atoms with E-state index in [1.807, 2.05) is 0 Å². The summed E-state index contributed by atoms with van der Waals surface area (Å²) in [7, 11) is 9.47. The molecule has 4 N–H and O–H groups in total. The van der Waals surface area contributed by atoms with Crippen molar-refractivity contribution >= 4 is 37.6 Å². The van der Waals surface area contributed by atoms with Crippen molar-refractivity contribution < 1.29 is 12.9 Å². The molecule has 0 unspecified atom stereocenters. The molecule has 0 rings (SSSR count). The van der Waals surface area contributed by atoms with Gasteiger partial charge in [-0.2, -0.15) is 0 Å². The van der Waals surface area contributed by atoms with Crippen LogP contribution in [0.15, 0.2) is 0 Å². The van der Waals surface area contributed by atoms with Crippen LogP contribution in [0.1, 0.15) is 0 Å². The van der Waals surface area contributed by atoms with Gasteiger partial charge in [-0.05, 0) is 12.2 Å². The van der Waals surface area contributed by atoms with Crippen molar-refractivity contribution in [2.75, 3.05) is 0 Å². The molecule has 0 radical (unpaired) electrons. The third-order valence-electron chi connectivity index (χ3n) is 0. The fourth-order valence-corrected chi connectivity index (χ4v) is 0. The molecule has 0 aromatic carbocycles. The van der Waals surface area contributed by atoms with Gasteiger partial charge in [-0.25, -0.2) is 0 Å². The van der Waals surface area contributed by atoms with Crippen LogP contribution in [0.5, 0.6) is 0 Å². The zero-order valence-corrected chi connectivity index (χ0v) is 6.52. The Hall–Kier alpha value is 0.776. The van der Waals surface area contributed by atoms with Crippen molar-refractivity contribution in [2.24, 2.45) is 11.5 Å². The summed E-state index contributed by atoms with van der Waals surface area (Å²) >= 11 is 4.47. The van der Waals surface area contributed by atoms with E-state index in [1.54, 1.807) is 0 Å². The zero-order valence-electron chi connectivity index (χ0n) is 3.15. The molecule has 0 atom stereocenters. The van der Waals surface area contributed by atoms with Gasteiger partial charge in [-0.3, -0.25) is 0 Å². The summed E-state index contributed by atoms with van der Waals surface area (Å²) in [5.74, 6) is 0. The van der Waals surface area contributed by atoms with Gasteiger partial charge in [0.1, 0.15) is 0 Å². The Balaban J connectivity index is 0. The second kappa shape index (κ2) is 9.91. The first-order valence-electron chi connectivity index (χ1n) is 1.03. The van der Waals surface area contributed by atoms with Crippen LogP contribution < -0.4 is 11.5 Å². The van der Waals surface area contributed by atoms with Crippen molar-refractivity contribution in [1.82, 2.24) is 0 Å². The number of rotatable bonds is 0. The molecule has 0 aromatic heterocycles. The topological polar surface area (TPSA) is 52.0 Å². The van der Waals surface area contributed by atoms with E-state index in [-0.39, 0.29) is 5.11 Å². The molecule has 0 saturated carbocycles. The van der Waals surface area contributed by atoms with Crippen LogP contribution in [0.25, 0.3) is 0 Å². The first kappa shape index (κ1) is 10.7. The summed E-state index contributed by atoms with van der Waals surface area (Å²) in [4.78, 5) is 0. The van der Waals surface area contributed by atoms with Gasteiger partial charge in [0.05, 0.1) is 0 Å². The van der Waals surface area contributed by atoms with Gasteiger partial charge >= 0.3 is 33.2 Å². The van der Waals surface area contributed by atoms with Gasteiger partial charge in [-0.1, -0.05) is 0 Å². The maximum atomic E-state index is 4.73. The zero-order chi connectivity index (χ0) is 6.28. The predicted octanol–water partition coefficient (Wildman–Crippen LogP) is 0.565. The fourth-order valence-electron chi connectivity index (χ4n) is 0. The van der Waals surface area contributed by atoms with E-state index in [9.17, 15) is 0 Å². The van der Waals surface area contributed by atoms with Crippen molar-refractivity contribution in [2.45, 2.75) is 0 Å². The molecule has 0 heterocycles. The molecule has 2 nitrogen and oxygen atoms in total. The Labute approximate surface area is 62.0 Å². The molecule has 0 aliphatic heterocycles. The predicted molar refractivity (Wildman–Crippen MR) is 32.7 cm³/mol. The molecule has 47 valence electrons. The SMILES string of the molecule is NC(N)=S.[Cl][Co][Cl]. The van der Waals surface area contributed by atoms with Crippen LogP contribution in [0, 0.1) is 0 Å². The van der Waals surface area contributed by atoms with Crippen molar-refractivity contribution in [3.63, 3.8) is 0 Å². The average Bonchev–Trinajstić information content (AvgIpc) is 1.33. The Morgan fingerprint density at radius 2 is 1.43 bits per heavy atom. The fraction of sp³-hybridized carbons (Fsp3) is 0. The van der Waals surface area contributed by atoms with Crippen molar-refractivity contribution in [1.29, 1.82) is 0 Å². The van der Waals surface area contributed by atoms with Crippen LogP contribution in [0.3, 0.4) is 0 Å². The van der Waals surface area contributed by atoms with Gasteiger partial charge in [0, 0.05) is 0 Å². The summed E-state index contributed by atoms with van der Waals surface area (Å²) in [6.45, 7) is 0. The number of nitrogens with two attached hydrogens (primary N) is 2. The van der Waals surface area contributed by atoms with Crippen LogP contribution in [-0.4, -0.2) is 5.11 Å². The quantitative estimate of drug-likeness (QED) is 0.569.